The monoisotopic (exact) mass is 448 g/mol. The SMILES string of the molecule is CCCOc1ccc(C2OC34CCC5(CC3C(C#N)(C(=N)O4)C2(C#N)C#N)OCCO5)cc1. The lowest BCUT2D eigenvalue weighted by Crippen LogP contribution is -2.63. The summed E-state index contributed by atoms with van der Waals surface area (Å²) in [6, 6.07) is 13.3. The van der Waals surface area contributed by atoms with Crippen LogP contribution in [0.2, 0.25) is 0 Å². The van der Waals surface area contributed by atoms with Gasteiger partial charge >= 0.3 is 0 Å². The lowest BCUT2D eigenvalue weighted by atomic mass is 9.51. The van der Waals surface area contributed by atoms with Crippen LogP contribution in [0.25, 0.3) is 0 Å². The van der Waals surface area contributed by atoms with Crippen LogP contribution in [-0.2, 0) is 18.9 Å². The summed E-state index contributed by atoms with van der Waals surface area (Å²) in [5, 5.41) is 39.9. The highest BCUT2D eigenvalue weighted by Crippen LogP contribution is 2.70. The van der Waals surface area contributed by atoms with Crippen LogP contribution in [0.3, 0.4) is 0 Å². The maximum atomic E-state index is 10.5. The molecule has 3 saturated heterocycles. The second-order valence-electron chi connectivity index (χ2n) is 8.97. The van der Waals surface area contributed by atoms with Crippen molar-refractivity contribution in [3.63, 3.8) is 0 Å². The first-order valence-corrected chi connectivity index (χ1v) is 11.1. The fourth-order valence-corrected chi connectivity index (χ4v) is 5.81. The quantitative estimate of drug-likeness (QED) is 0.739. The van der Waals surface area contributed by atoms with Gasteiger partial charge in [0, 0.05) is 19.3 Å². The Hall–Kier alpha value is -3.16. The molecule has 1 aromatic rings. The predicted molar refractivity (Wildman–Crippen MR) is 111 cm³/mol. The minimum Gasteiger partial charge on any atom is -0.494 e. The average molecular weight is 448 g/mol. The zero-order valence-electron chi connectivity index (χ0n) is 18.3. The van der Waals surface area contributed by atoms with Gasteiger partial charge in [0.1, 0.15) is 11.9 Å². The van der Waals surface area contributed by atoms with Crippen LogP contribution in [0.15, 0.2) is 24.3 Å². The molecule has 170 valence electrons. The van der Waals surface area contributed by atoms with E-state index in [0.29, 0.717) is 44.0 Å². The lowest BCUT2D eigenvalue weighted by molar-refractivity contribution is -0.330. The van der Waals surface area contributed by atoms with Gasteiger partial charge in [0.25, 0.3) is 0 Å². The molecule has 3 aliphatic heterocycles. The summed E-state index contributed by atoms with van der Waals surface area (Å²) >= 11 is 0. The Balaban J connectivity index is 1.62. The normalized spacial score (nSPS) is 35.0. The second-order valence-corrected chi connectivity index (χ2v) is 8.97. The van der Waals surface area contributed by atoms with Gasteiger partial charge in [-0.05, 0) is 24.1 Å². The summed E-state index contributed by atoms with van der Waals surface area (Å²) < 4.78 is 29.8. The van der Waals surface area contributed by atoms with Crippen LogP contribution < -0.4 is 4.74 Å². The largest absolute Gasteiger partial charge is 0.494 e. The van der Waals surface area contributed by atoms with Crippen LogP contribution in [0.1, 0.15) is 44.3 Å². The van der Waals surface area contributed by atoms with E-state index in [9.17, 15) is 15.8 Å². The summed E-state index contributed by atoms with van der Waals surface area (Å²) in [4.78, 5) is 0. The molecule has 4 atom stereocenters. The van der Waals surface area contributed by atoms with E-state index in [1.165, 1.54) is 0 Å². The highest BCUT2D eigenvalue weighted by Gasteiger charge is 2.82. The van der Waals surface area contributed by atoms with E-state index in [-0.39, 0.29) is 6.42 Å². The number of rotatable bonds is 4. The summed E-state index contributed by atoms with van der Waals surface area (Å²) in [6.07, 6.45) is 0.740. The molecular formula is C24H24N4O5. The van der Waals surface area contributed by atoms with Crippen molar-refractivity contribution in [2.75, 3.05) is 19.8 Å². The van der Waals surface area contributed by atoms with Crippen LogP contribution >= 0.6 is 0 Å². The van der Waals surface area contributed by atoms with Crippen molar-refractivity contribution in [1.82, 2.24) is 0 Å². The molecule has 1 N–H and O–H groups in total. The van der Waals surface area contributed by atoms with Crippen molar-refractivity contribution < 1.29 is 23.7 Å². The van der Waals surface area contributed by atoms with Gasteiger partial charge in [-0.3, -0.25) is 5.41 Å². The van der Waals surface area contributed by atoms with Crippen LogP contribution in [0.4, 0.5) is 0 Å². The predicted octanol–water partition coefficient (Wildman–Crippen LogP) is 3.34. The summed E-state index contributed by atoms with van der Waals surface area (Å²) in [5.41, 5.74) is -3.29. The fourth-order valence-electron chi connectivity index (χ4n) is 5.81. The number of nitrogens with one attached hydrogen (secondary N) is 1. The summed E-state index contributed by atoms with van der Waals surface area (Å²) in [5.74, 6) is -2.75. The van der Waals surface area contributed by atoms with E-state index in [0.717, 1.165) is 6.42 Å². The Labute approximate surface area is 191 Å². The third-order valence-electron chi connectivity index (χ3n) is 7.39. The van der Waals surface area contributed by atoms with E-state index in [1.807, 2.05) is 6.92 Å². The molecule has 4 fully saturated rings. The molecule has 4 aliphatic rings. The zero-order chi connectivity index (χ0) is 23.3. The van der Waals surface area contributed by atoms with Gasteiger partial charge in [-0.1, -0.05) is 19.1 Å². The molecule has 1 aromatic carbocycles. The van der Waals surface area contributed by atoms with Crippen LogP contribution in [0, 0.1) is 56.2 Å². The highest BCUT2D eigenvalue weighted by molar-refractivity contribution is 5.89. The van der Waals surface area contributed by atoms with Crippen molar-refractivity contribution in [2.24, 2.45) is 16.7 Å². The highest BCUT2D eigenvalue weighted by atomic mass is 16.7. The summed E-state index contributed by atoms with van der Waals surface area (Å²) in [7, 11) is 0. The minimum absolute atomic E-state index is 0.199. The van der Waals surface area contributed by atoms with Crippen molar-refractivity contribution in [3.8, 4) is 24.0 Å². The smallest absolute Gasteiger partial charge is 0.218 e. The molecule has 0 radical (unpaired) electrons. The molecule has 0 aromatic heterocycles. The van der Waals surface area contributed by atoms with Crippen molar-refractivity contribution in [1.29, 1.82) is 21.2 Å². The Morgan fingerprint density at radius 3 is 2.36 bits per heavy atom. The summed E-state index contributed by atoms with van der Waals surface area (Å²) in [6.45, 7) is 3.43. The van der Waals surface area contributed by atoms with Gasteiger partial charge in [0.15, 0.2) is 11.2 Å². The van der Waals surface area contributed by atoms with E-state index in [2.05, 4.69) is 18.2 Å². The molecule has 5 rings (SSSR count). The molecule has 1 saturated carbocycles. The van der Waals surface area contributed by atoms with E-state index < -0.39 is 40.3 Å². The molecule has 2 bridgehead atoms. The molecule has 9 nitrogen and oxygen atoms in total. The first kappa shape index (κ1) is 21.7. The van der Waals surface area contributed by atoms with E-state index >= 15 is 0 Å². The Bertz CT molecular complexity index is 1080. The van der Waals surface area contributed by atoms with Gasteiger partial charge < -0.3 is 23.7 Å². The number of hydrogen-bond donors (Lipinski definition) is 1. The number of benzene rings is 1. The minimum atomic E-state index is -2.01. The first-order chi connectivity index (χ1) is 15.9. The Morgan fingerprint density at radius 2 is 1.76 bits per heavy atom. The lowest BCUT2D eigenvalue weighted by Gasteiger charge is -2.54. The maximum Gasteiger partial charge on any atom is 0.218 e. The topological polar surface area (TPSA) is 141 Å². The number of nitriles is 3. The molecule has 0 amide bonds. The average Bonchev–Trinajstić information content (AvgIpc) is 3.37. The molecular weight excluding hydrogens is 424 g/mol. The van der Waals surface area contributed by atoms with E-state index in [1.54, 1.807) is 24.3 Å². The molecule has 1 aliphatic carbocycles. The molecule has 4 unspecified atom stereocenters. The zero-order valence-corrected chi connectivity index (χ0v) is 18.3. The van der Waals surface area contributed by atoms with E-state index in [4.69, 9.17) is 29.1 Å². The van der Waals surface area contributed by atoms with Gasteiger partial charge in [0.2, 0.25) is 17.1 Å². The Kier molecular flexibility index (Phi) is 4.88. The van der Waals surface area contributed by atoms with Gasteiger partial charge in [-0.25, -0.2) is 0 Å². The van der Waals surface area contributed by atoms with Gasteiger partial charge in [-0.15, -0.1) is 0 Å². The van der Waals surface area contributed by atoms with Crippen LogP contribution in [-0.4, -0.2) is 37.3 Å². The molecule has 33 heavy (non-hydrogen) atoms. The first-order valence-electron chi connectivity index (χ1n) is 11.1. The van der Waals surface area contributed by atoms with Crippen molar-refractivity contribution in [2.45, 2.75) is 50.3 Å². The maximum absolute atomic E-state index is 10.5. The fraction of sp³-hybridized carbons (Fsp3) is 0.583. The molecule has 1 spiro atoms. The second kappa shape index (κ2) is 7.43. The third kappa shape index (κ3) is 2.69. The number of hydrogen-bond acceptors (Lipinski definition) is 9. The van der Waals surface area contributed by atoms with Crippen molar-refractivity contribution >= 4 is 5.90 Å². The number of nitrogens with zero attached hydrogens (tertiary/aromatic N) is 3. The number of ether oxygens (including phenoxy) is 5. The molecule has 3 heterocycles. The third-order valence-corrected chi connectivity index (χ3v) is 7.39. The van der Waals surface area contributed by atoms with Crippen molar-refractivity contribution in [3.05, 3.63) is 29.8 Å². The van der Waals surface area contributed by atoms with Crippen LogP contribution in [0.5, 0.6) is 5.75 Å². The Morgan fingerprint density at radius 1 is 1.06 bits per heavy atom. The van der Waals surface area contributed by atoms with Gasteiger partial charge in [-0.2, -0.15) is 15.8 Å². The van der Waals surface area contributed by atoms with Gasteiger partial charge in [0.05, 0.1) is 43.9 Å². The molecule has 9 heteroatoms. The standard InChI is InChI=1S/C24H24N4O5/c1-2-9-29-17-5-3-16(4-6-17)19-21(13-25,14-26)23(15-27)18-12-22(30-10-11-31-22)7-8-24(18,32-19)33-20(23)28/h3-6,18-19,28H,2,7-12H2,1H3.